The molecule has 2 aromatic heterocycles. The lowest BCUT2D eigenvalue weighted by Crippen LogP contribution is -2.44. The number of carbonyl (C=O) groups is 2. The van der Waals surface area contributed by atoms with Gasteiger partial charge in [0.25, 0.3) is 5.91 Å². The number of amides is 2. The van der Waals surface area contributed by atoms with Gasteiger partial charge in [0, 0.05) is 56.4 Å². The van der Waals surface area contributed by atoms with Gasteiger partial charge in [0.15, 0.2) is 0 Å². The largest absolute Gasteiger partial charge is 0.444 e. The molecule has 0 radical (unpaired) electrons. The summed E-state index contributed by atoms with van der Waals surface area (Å²) in [6.07, 6.45) is 5.60. The highest BCUT2D eigenvalue weighted by Gasteiger charge is 2.24. The zero-order valence-corrected chi connectivity index (χ0v) is 25.4. The maximum Gasteiger partial charge on any atom is 0.407 e. The Labute approximate surface area is 249 Å². The lowest BCUT2D eigenvalue weighted by Gasteiger charge is -2.33. The number of alkyl carbamates (subject to hydrolysis) is 1. The maximum atomic E-state index is 13.5. The van der Waals surface area contributed by atoms with E-state index in [9.17, 15) is 9.59 Å². The van der Waals surface area contributed by atoms with E-state index in [0.29, 0.717) is 30.5 Å². The molecule has 3 heterocycles. The van der Waals surface area contributed by atoms with Gasteiger partial charge in [0.2, 0.25) is 0 Å². The second kappa shape index (κ2) is 13.1. The van der Waals surface area contributed by atoms with Crippen LogP contribution >= 0.6 is 0 Å². The summed E-state index contributed by atoms with van der Waals surface area (Å²) in [5.74, 6) is 1.75. The molecule has 3 aromatic rings. The third-order valence-corrected chi connectivity index (χ3v) is 8.28. The predicted octanol–water partition coefficient (Wildman–Crippen LogP) is 5.11. The van der Waals surface area contributed by atoms with Gasteiger partial charge in [-0.2, -0.15) is 0 Å². The minimum Gasteiger partial charge on any atom is -0.444 e. The van der Waals surface area contributed by atoms with E-state index in [4.69, 9.17) is 14.7 Å². The Morgan fingerprint density at radius 1 is 0.929 bits per heavy atom. The molecule has 2 aliphatic rings. The minimum absolute atomic E-state index is 0.0782. The van der Waals surface area contributed by atoms with Gasteiger partial charge in [-0.1, -0.05) is 18.2 Å². The summed E-state index contributed by atoms with van der Waals surface area (Å²) in [5.41, 5.74) is 2.57. The van der Waals surface area contributed by atoms with Crippen LogP contribution in [0.25, 0.3) is 22.2 Å². The monoisotopic (exact) mass is 572 g/mol. The molecule has 0 bridgehead atoms. The van der Waals surface area contributed by atoms with Crippen molar-refractivity contribution in [1.29, 1.82) is 0 Å². The molecule has 1 aromatic carbocycles. The number of likely N-dealkylation sites (N-methyl/N-ethyl adjacent to an activating group) is 1. The van der Waals surface area contributed by atoms with E-state index in [1.54, 1.807) is 0 Å². The lowest BCUT2D eigenvalue weighted by atomic mass is 9.82. The Hall–Kier alpha value is -3.72. The van der Waals surface area contributed by atoms with Crippen molar-refractivity contribution in [2.45, 2.75) is 52.1 Å². The van der Waals surface area contributed by atoms with E-state index >= 15 is 0 Å². The Bertz CT molecular complexity index is 1370. The van der Waals surface area contributed by atoms with Crippen molar-refractivity contribution < 1.29 is 14.3 Å². The number of benzene rings is 1. The van der Waals surface area contributed by atoms with E-state index in [2.05, 4.69) is 39.6 Å². The number of pyridine rings is 2. The van der Waals surface area contributed by atoms with Crippen LogP contribution in [0, 0.1) is 11.8 Å². The molecule has 9 heteroatoms. The predicted molar refractivity (Wildman–Crippen MR) is 167 cm³/mol. The molecule has 2 fully saturated rings. The van der Waals surface area contributed by atoms with Crippen molar-refractivity contribution in [1.82, 2.24) is 25.5 Å². The molecule has 42 heavy (non-hydrogen) atoms. The fourth-order valence-electron chi connectivity index (χ4n) is 5.79. The van der Waals surface area contributed by atoms with Crippen molar-refractivity contribution >= 4 is 28.7 Å². The van der Waals surface area contributed by atoms with Gasteiger partial charge in [-0.25, -0.2) is 14.8 Å². The van der Waals surface area contributed by atoms with Gasteiger partial charge >= 0.3 is 6.09 Å². The Morgan fingerprint density at radius 2 is 1.60 bits per heavy atom. The first-order valence-electron chi connectivity index (χ1n) is 15.2. The molecule has 0 unspecified atom stereocenters. The summed E-state index contributed by atoms with van der Waals surface area (Å²) >= 11 is 0. The number of aromatic nitrogens is 2. The first-order valence-corrected chi connectivity index (χ1v) is 15.2. The molecule has 224 valence electrons. The normalized spacial score (nSPS) is 19.9. The van der Waals surface area contributed by atoms with Crippen molar-refractivity contribution in [2.75, 3.05) is 51.2 Å². The number of hydrogen-bond acceptors (Lipinski definition) is 7. The molecule has 9 nitrogen and oxygen atoms in total. The zero-order chi connectivity index (χ0) is 29.7. The molecule has 2 N–H and O–H groups in total. The van der Waals surface area contributed by atoms with E-state index in [1.807, 2.05) is 57.3 Å². The molecule has 5 rings (SSSR count). The van der Waals surface area contributed by atoms with E-state index < -0.39 is 5.60 Å². The van der Waals surface area contributed by atoms with E-state index in [-0.39, 0.29) is 12.0 Å². The molecule has 1 saturated heterocycles. The lowest BCUT2D eigenvalue weighted by molar-refractivity contribution is 0.0512. The van der Waals surface area contributed by atoms with Gasteiger partial charge in [0.05, 0.1) is 16.8 Å². The topological polar surface area (TPSA) is 99.7 Å². The van der Waals surface area contributed by atoms with Crippen molar-refractivity contribution in [3.63, 3.8) is 0 Å². The second-order valence-corrected chi connectivity index (χ2v) is 12.7. The van der Waals surface area contributed by atoms with Gasteiger partial charge < -0.3 is 25.2 Å². The Morgan fingerprint density at radius 3 is 2.24 bits per heavy atom. The third-order valence-electron chi connectivity index (χ3n) is 8.28. The summed E-state index contributed by atoms with van der Waals surface area (Å²) in [5, 5.41) is 6.96. The summed E-state index contributed by atoms with van der Waals surface area (Å²) in [6.45, 7) is 10.9. The van der Waals surface area contributed by atoms with Gasteiger partial charge in [-0.15, -0.1) is 0 Å². The first kappa shape index (κ1) is 29.8. The second-order valence-electron chi connectivity index (χ2n) is 12.7. The zero-order valence-electron chi connectivity index (χ0n) is 25.4. The van der Waals surface area contributed by atoms with E-state index in [1.165, 1.54) is 0 Å². The number of ether oxygens (including phenoxy) is 1. The summed E-state index contributed by atoms with van der Waals surface area (Å²) in [4.78, 5) is 39.7. The van der Waals surface area contributed by atoms with Gasteiger partial charge in [0.1, 0.15) is 11.4 Å². The number of anilines is 1. The van der Waals surface area contributed by atoms with Crippen molar-refractivity contribution in [3.8, 4) is 11.3 Å². The Balaban J connectivity index is 1.19. The number of nitrogens with zero attached hydrogens (tertiary/aromatic N) is 4. The SMILES string of the molecule is CN1CCN(c2ccc(-c3cc(C(=O)NC[C@H]4CC[C@H](CNC(=O)OC(C)(C)C)CC4)c4ccccc4n3)cn2)CC1. The van der Waals surface area contributed by atoms with Crippen LogP contribution in [-0.2, 0) is 4.74 Å². The molecular formula is C33H44N6O3. The minimum atomic E-state index is -0.493. The third kappa shape index (κ3) is 7.76. The average Bonchev–Trinajstić information content (AvgIpc) is 2.98. The van der Waals surface area contributed by atoms with Crippen LogP contribution in [0.1, 0.15) is 56.8 Å². The maximum absolute atomic E-state index is 13.5. The number of rotatable bonds is 7. The van der Waals surface area contributed by atoms with Crippen molar-refractivity contribution in [3.05, 3.63) is 54.2 Å². The molecule has 1 aliphatic carbocycles. The molecule has 1 saturated carbocycles. The van der Waals surface area contributed by atoms with Crippen LogP contribution in [-0.4, -0.2) is 78.8 Å². The number of hydrogen-bond donors (Lipinski definition) is 2. The highest BCUT2D eigenvalue weighted by molar-refractivity contribution is 6.07. The molecule has 0 atom stereocenters. The highest BCUT2D eigenvalue weighted by Crippen LogP contribution is 2.29. The number of para-hydroxylation sites is 1. The standard InChI is InChI=1S/C33H44N6O3/c1-33(2,3)42-32(41)36-21-24-11-9-23(10-12-24)20-35-31(40)27-19-29(37-28-8-6-5-7-26(27)28)25-13-14-30(34-22-25)39-17-15-38(4)16-18-39/h5-8,13-14,19,22-24H,9-12,15-18,20-21H2,1-4H3,(H,35,40)(H,36,41)/t23-,24-. The van der Waals surface area contributed by atoms with Crippen LogP contribution in [0.15, 0.2) is 48.7 Å². The van der Waals surface area contributed by atoms with Crippen LogP contribution in [0.4, 0.5) is 10.6 Å². The molecule has 0 spiro atoms. The van der Waals surface area contributed by atoms with Crippen molar-refractivity contribution in [2.24, 2.45) is 11.8 Å². The number of fused-ring (bicyclic) bond motifs is 1. The number of nitrogens with one attached hydrogen (secondary N) is 2. The number of carbonyl (C=O) groups excluding carboxylic acids is 2. The van der Waals surface area contributed by atoms with Crippen LogP contribution < -0.4 is 15.5 Å². The Kier molecular flexibility index (Phi) is 9.26. The first-order chi connectivity index (χ1) is 20.1. The molecule has 1 aliphatic heterocycles. The van der Waals surface area contributed by atoms with Crippen LogP contribution in [0.2, 0.25) is 0 Å². The molecular weight excluding hydrogens is 528 g/mol. The van der Waals surface area contributed by atoms with Gasteiger partial charge in [-0.3, -0.25) is 4.79 Å². The van der Waals surface area contributed by atoms with Crippen LogP contribution in [0.3, 0.4) is 0 Å². The quantitative estimate of drug-likeness (QED) is 0.406. The smallest absolute Gasteiger partial charge is 0.407 e. The highest BCUT2D eigenvalue weighted by atomic mass is 16.6. The average molecular weight is 573 g/mol. The van der Waals surface area contributed by atoms with Crippen LogP contribution in [0.5, 0.6) is 0 Å². The fourth-order valence-corrected chi connectivity index (χ4v) is 5.79. The van der Waals surface area contributed by atoms with Gasteiger partial charge in [-0.05, 0) is 89.6 Å². The summed E-state index contributed by atoms with van der Waals surface area (Å²) < 4.78 is 5.35. The number of piperazine rings is 1. The summed E-state index contributed by atoms with van der Waals surface area (Å²) in [6, 6.07) is 13.8. The fraction of sp³-hybridized carbons (Fsp3) is 0.515. The van der Waals surface area contributed by atoms with E-state index in [0.717, 1.165) is 79.8 Å². The summed E-state index contributed by atoms with van der Waals surface area (Å²) in [7, 11) is 2.15. The molecule has 2 amide bonds.